The predicted molar refractivity (Wildman–Crippen MR) is 88.1 cm³/mol. The number of thioether (sulfide) groups is 1. The fourth-order valence-electron chi connectivity index (χ4n) is 1.91. The molecule has 0 fully saturated rings. The quantitative estimate of drug-likeness (QED) is 0.459. The van der Waals surface area contributed by atoms with E-state index in [4.69, 9.17) is 4.74 Å². The summed E-state index contributed by atoms with van der Waals surface area (Å²) in [7, 11) is 0. The van der Waals surface area contributed by atoms with Gasteiger partial charge in [-0.3, -0.25) is 9.59 Å². The van der Waals surface area contributed by atoms with Crippen molar-refractivity contribution in [1.82, 2.24) is 0 Å². The number of hydrogen-bond acceptors (Lipinski definition) is 4. The average Bonchev–Trinajstić information content (AvgIpc) is 2.55. The first-order valence-electron chi connectivity index (χ1n) is 7.09. The summed E-state index contributed by atoms with van der Waals surface area (Å²) in [5.41, 5.74) is 0.547. The summed E-state index contributed by atoms with van der Waals surface area (Å²) in [5, 5.41) is -0.367. The van der Waals surface area contributed by atoms with Crippen LogP contribution in [0.25, 0.3) is 0 Å². The fourth-order valence-corrected chi connectivity index (χ4v) is 2.79. The molecule has 22 heavy (non-hydrogen) atoms. The lowest BCUT2D eigenvalue weighted by Crippen LogP contribution is -2.28. The van der Waals surface area contributed by atoms with Crippen LogP contribution in [0.5, 0.6) is 0 Å². The Kier molecular flexibility index (Phi) is 5.78. The Labute approximate surface area is 134 Å². The normalized spacial score (nSPS) is 13.2. The minimum absolute atomic E-state index is 0.189. The molecule has 0 spiro atoms. The first kappa shape index (κ1) is 16.3. The molecule has 0 aliphatic rings. The van der Waals surface area contributed by atoms with Gasteiger partial charge in [0, 0.05) is 10.5 Å². The van der Waals surface area contributed by atoms with E-state index < -0.39 is 6.10 Å². The highest BCUT2D eigenvalue weighted by Gasteiger charge is 2.23. The van der Waals surface area contributed by atoms with Crippen molar-refractivity contribution in [1.29, 1.82) is 0 Å². The summed E-state index contributed by atoms with van der Waals surface area (Å²) in [5.74, 6) is -0.573. The Balaban J connectivity index is 1.92. The monoisotopic (exact) mass is 314 g/mol. The molecule has 0 saturated carbocycles. The highest BCUT2D eigenvalue weighted by Crippen LogP contribution is 2.24. The second-order valence-corrected chi connectivity index (χ2v) is 6.30. The van der Waals surface area contributed by atoms with Gasteiger partial charge in [0.15, 0.2) is 6.10 Å². The Morgan fingerprint density at radius 1 is 0.909 bits per heavy atom. The molecular weight excluding hydrogens is 296 g/mol. The molecule has 2 aromatic rings. The van der Waals surface area contributed by atoms with Gasteiger partial charge in [-0.25, -0.2) is 0 Å². The van der Waals surface area contributed by atoms with Gasteiger partial charge in [-0.15, -0.1) is 11.8 Å². The Morgan fingerprint density at radius 3 is 2.05 bits per heavy atom. The van der Waals surface area contributed by atoms with E-state index in [9.17, 15) is 9.59 Å². The summed E-state index contributed by atoms with van der Waals surface area (Å²) in [6.07, 6.45) is -0.784. The largest absolute Gasteiger partial charge is 0.453 e. The van der Waals surface area contributed by atoms with Gasteiger partial charge < -0.3 is 4.74 Å². The molecule has 0 bridgehead atoms. The van der Waals surface area contributed by atoms with Crippen molar-refractivity contribution >= 4 is 23.5 Å². The zero-order valence-electron chi connectivity index (χ0n) is 12.6. The van der Waals surface area contributed by atoms with Crippen molar-refractivity contribution in [3.63, 3.8) is 0 Å². The summed E-state index contributed by atoms with van der Waals surface area (Å²) in [6, 6.07) is 18.5. The average molecular weight is 314 g/mol. The van der Waals surface area contributed by atoms with E-state index in [0.717, 1.165) is 4.90 Å². The van der Waals surface area contributed by atoms with Crippen molar-refractivity contribution in [2.75, 3.05) is 0 Å². The van der Waals surface area contributed by atoms with E-state index in [1.54, 1.807) is 38.1 Å². The Bertz CT molecular complexity index is 625. The number of benzene rings is 2. The number of ketones is 1. The number of carbonyl (C=O) groups is 2. The van der Waals surface area contributed by atoms with Crippen LogP contribution in [-0.2, 0) is 9.53 Å². The van der Waals surface area contributed by atoms with Crippen LogP contribution in [0.4, 0.5) is 0 Å². The second kappa shape index (κ2) is 7.80. The first-order valence-corrected chi connectivity index (χ1v) is 7.97. The number of rotatable bonds is 6. The molecule has 2 rings (SSSR count). The number of hydrogen-bond donors (Lipinski definition) is 0. The molecule has 2 atom stereocenters. The van der Waals surface area contributed by atoms with Gasteiger partial charge in [0.1, 0.15) is 5.25 Å². The lowest BCUT2D eigenvalue weighted by Gasteiger charge is -2.16. The highest BCUT2D eigenvalue weighted by atomic mass is 32.2. The van der Waals surface area contributed by atoms with Crippen molar-refractivity contribution in [2.45, 2.75) is 30.1 Å². The Hall–Kier alpha value is -2.07. The van der Waals surface area contributed by atoms with Gasteiger partial charge >= 0.3 is 5.97 Å². The first-order chi connectivity index (χ1) is 10.6. The van der Waals surface area contributed by atoms with Crippen LogP contribution in [0.1, 0.15) is 24.2 Å². The highest BCUT2D eigenvalue weighted by molar-refractivity contribution is 8.00. The molecule has 0 heterocycles. The van der Waals surface area contributed by atoms with Crippen molar-refractivity contribution in [3.05, 3.63) is 66.2 Å². The van der Waals surface area contributed by atoms with E-state index in [2.05, 4.69) is 0 Å². The van der Waals surface area contributed by atoms with Gasteiger partial charge in [-0.05, 0) is 26.0 Å². The van der Waals surface area contributed by atoms with Crippen molar-refractivity contribution < 1.29 is 14.3 Å². The fraction of sp³-hybridized carbons (Fsp3) is 0.222. The molecule has 0 amide bonds. The van der Waals surface area contributed by atoms with Gasteiger partial charge in [0.2, 0.25) is 5.78 Å². The summed E-state index contributed by atoms with van der Waals surface area (Å²) < 4.78 is 5.29. The molecule has 0 aliphatic heterocycles. The number of carbonyl (C=O) groups excluding carboxylic acids is 2. The molecular formula is C18H18O3S. The third-order valence-corrected chi connectivity index (χ3v) is 4.20. The maximum Gasteiger partial charge on any atom is 0.319 e. The Morgan fingerprint density at radius 2 is 1.45 bits per heavy atom. The standard InChI is InChI=1S/C18H18O3S/c1-13(17(19)15-9-5-3-6-10-15)21-18(20)14(2)22-16-11-7-4-8-12-16/h3-14H,1-2H3. The molecule has 0 radical (unpaired) electrons. The molecule has 0 saturated heterocycles. The molecule has 4 heteroatoms. The zero-order valence-corrected chi connectivity index (χ0v) is 13.4. The topological polar surface area (TPSA) is 43.4 Å². The van der Waals surface area contributed by atoms with Gasteiger partial charge in [0.25, 0.3) is 0 Å². The number of esters is 1. The molecule has 0 N–H and O–H groups in total. The van der Waals surface area contributed by atoms with Crippen LogP contribution in [0.15, 0.2) is 65.6 Å². The van der Waals surface area contributed by atoms with Gasteiger partial charge in [0.05, 0.1) is 0 Å². The van der Waals surface area contributed by atoms with Crippen molar-refractivity contribution in [3.8, 4) is 0 Å². The minimum Gasteiger partial charge on any atom is -0.453 e. The predicted octanol–water partition coefficient (Wildman–Crippen LogP) is 3.98. The van der Waals surface area contributed by atoms with Crippen LogP contribution in [0.2, 0.25) is 0 Å². The second-order valence-electron chi connectivity index (χ2n) is 4.88. The summed E-state index contributed by atoms with van der Waals surface area (Å²) >= 11 is 1.42. The van der Waals surface area contributed by atoms with Crippen LogP contribution in [-0.4, -0.2) is 23.1 Å². The molecule has 114 valence electrons. The molecule has 2 aromatic carbocycles. The van der Waals surface area contributed by atoms with E-state index in [0.29, 0.717) is 5.56 Å². The van der Waals surface area contributed by atoms with Gasteiger partial charge in [-0.1, -0.05) is 48.5 Å². The number of ether oxygens (including phenoxy) is 1. The summed E-state index contributed by atoms with van der Waals surface area (Å²) in [6.45, 7) is 3.38. The van der Waals surface area contributed by atoms with E-state index in [1.807, 2.05) is 36.4 Å². The smallest absolute Gasteiger partial charge is 0.319 e. The molecule has 2 unspecified atom stereocenters. The molecule has 0 aliphatic carbocycles. The zero-order chi connectivity index (χ0) is 15.9. The maximum atomic E-state index is 12.2. The third-order valence-electron chi connectivity index (χ3n) is 3.11. The SMILES string of the molecule is CC(OC(=O)C(C)Sc1ccccc1)C(=O)c1ccccc1. The van der Waals surface area contributed by atoms with E-state index in [1.165, 1.54) is 11.8 Å². The molecule has 3 nitrogen and oxygen atoms in total. The van der Waals surface area contributed by atoms with E-state index >= 15 is 0 Å². The number of Topliss-reactive ketones (excluding diaryl/α,β-unsaturated/α-hetero) is 1. The van der Waals surface area contributed by atoms with Gasteiger partial charge in [-0.2, -0.15) is 0 Å². The van der Waals surface area contributed by atoms with E-state index in [-0.39, 0.29) is 17.0 Å². The lowest BCUT2D eigenvalue weighted by atomic mass is 10.1. The van der Waals surface area contributed by atoms with Crippen LogP contribution in [0, 0.1) is 0 Å². The van der Waals surface area contributed by atoms with Crippen molar-refractivity contribution in [2.24, 2.45) is 0 Å². The van der Waals surface area contributed by atoms with Crippen LogP contribution >= 0.6 is 11.8 Å². The lowest BCUT2D eigenvalue weighted by molar-refractivity contribution is -0.145. The third kappa shape index (κ3) is 4.46. The van der Waals surface area contributed by atoms with Crippen LogP contribution < -0.4 is 0 Å². The minimum atomic E-state index is -0.784. The summed E-state index contributed by atoms with van der Waals surface area (Å²) in [4.78, 5) is 25.3. The molecule has 0 aromatic heterocycles. The maximum absolute atomic E-state index is 12.2. The van der Waals surface area contributed by atoms with Crippen LogP contribution in [0.3, 0.4) is 0 Å².